The van der Waals surface area contributed by atoms with Crippen molar-refractivity contribution in [3.8, 4) is 5.75 Å². The van der Waals surface area contributed by atoms with Gasteiger partial charge in [0.25, 0.3) is 0 Å². The molecule has 33 heavy (non-hydrogen) atoms. The summed E-state index contributed by atoms with van der Waals surface area (Å²) >= 11 is 5.94. The number of urea groups is 1. The van der Waals surface area contributed by atoms with E-state index in [1.54, 1.807) is 6.92 Å². The third-order valence-corrected chi connectivity index (χ3v) is 5.39. The average molecular weight is 463 g/mol. The van der Waals surface area contributed by atoms with Crippen LogP contribution in [0.2, 0.25) is 5.02 Å². The lowest BCUT2D eigenvalue weighted by atomic mass is 9.92. The van der Waals surface area contributed by atoms with Gasteiger partial charge in [-0.25, -0.2) is 9.59 Å². The maximum absolute atomic E-state index is 13.0. The molecule has 3 aromatic carbocycles. The molecule has 0 spiro atoms. The van der Waals surface area contributed by atoms with Crippen LogP contribution in [0.3, 0.4) is 0 Å². The average Bonchev–Trinajstić information content (AvgIpc) is 2.84. The zero-order valence-corrected chi connectivity index (χ0v) is 18.8. The molecule has 6 nitrogen and oxygen atoms in total. The highest BCUT2D eigenvalue weighted by atomic mass is 35.5. The Labute approximate surface area is 197 Å². The first-order chi connectivity index (χ1) is 16.0. The molecule has 0 saturated heterocycles. The lowest BCUT2D eigenvalue weighted by Gasteiger charge is -2.29. The highest BCUT2D eigenvalue weighted by molar-refractivity contribution is 6.30. The summed E-state index contributed by atoms with van der Waals surface area (Å²) in [7, 11) is 0. The fourth-order valence-electron chi connectivity index (χ4n) is 3.61. The van der Waals surface area contributed by atoms with E-state index >= 15 is 0 Å². The predicted molar refractivity (Wildman–Crippen MR) is 127 cm³/mol. The van der Waals surface area contributed by atoms with Gasteiger partial charge in [0.15, 0.2) is 0 Å². The fraction of sp³-hybridized carbons (Fsp3) is 0.154. The van der Waals surface area contributed by atoms with E-state index in [0.717, 1.165) is 11.1 Å². The van der Waals surface area contributed by atoms with Crippen molar-refractivity contribution in [2.24, 2.45) is 0 Å². The van der Waals surface area contributed by atoms with Crippen molar-refractivity contribution in [2.75, 3.05) is 6.61 Å². The van der Waals surface area contributed by atoms with Crippen molar-refractivity contribution in [3.63, 3.8) is 0 Å². The number of carbonyl (C=O) groups excluding carboxylic acids is 2. The number of carbonyl (C=O) groups is 2. The summed E-state index contributed by atoms with van der Waals surface area (Å²) in [5.74, 6) is 0.112. The minimum absolute atomic E-state index is 0.218. The van der Waals surface area contributed by atoms with Gasteiger partial charge in [-0.2, -0.15) is 0 Å². The first kappa shape index (κ1) is 22.4. The summed E-state index contributed by atoms with van der Waals surface area (Å²) in [6.07, 6.45) is 0. The first-order valence-corrected chi connectivity index (χ1v) is 10.9. The van der Waals surface area contributed by atoms with E-state index in [1.165, 1.54) is 0 Å². The zero-order chi connectivity index (χ0) is 23.2. The second-order valence-electron chi connectivity index (χ2n) is 7.39. The van der Waals surface area contributed by atoms with Gasteiger partial charge in [-0.15, -0.1) is 0 Å². The predicted octanol–water partition coefficient (Wildman–Crippen LogP) is 5.25. The molecule has 168 valence electrons. The molecule has 4 rings (SSSR count). The normalized spacial score (nSPS) is 15.5. The van der Waals surface area contributed by atoms with Gasteiger partial charge in [0, 0.05) is 5.02 Å². The highest BCUT2D eigenvalue weighted by Crippen LogP contribution is 2.33. The smallest absolute Gasteiger partial charge is 0.338 e. The Morgan fingerprint density at radius 3 is 2.48 bits per heavy atom. The summed E-state index contributed by atoms with van der Waals surface area (Å²) in [5, 5.41) is 6.29. The van der Waals surface area contributed by atoms with Crippen LogP contribution in [-0.4, -0.2) is 18.6 Å². The molecule has 1 aliphatic heterocycles. The van der Waals surface area contributed by atoms with Crippen LogP contribution in [0, 0.1) is 0 Å². The Hall–Kier alpha value is -3.77. The molecule has 3 aromatic rings. The van der Waals surface area contributed by atoms with Crippen molar-refractivity contribution in [1.29, 1.82) is 0 Å². The van der Waals surface area contributed by atoms with Gasteiger partial charge in [0.2, 0.25) is 0 Å². The molecule has 2 amide bonds. The van der Waals surface area contributed by atoms with Gasteiger partial charge in [-0.3, -0.25) is 0 Å². The molecular formula is C26H23ClN2O4. The number of esters is 1. The minimum Gasteiger partial charge on any atom is -0.489 e. The van der Waals surface area contributed by atoms with Gasteiger partial charge in [-0.05, 0) is 47.9 Å². The summed E-state index contributed by atoms with van der Waals surface area (Å²) < 4.78 is 11.3. The molecule has 1 atom stereocenters. The van der Waals surface area contributed by atoms with Crippen molar-refractivity contribution in [1.82, 2.24) is 10.6 Å². The van der Waals surface area contributed by atoms with Gasteiger partial charge in [0.1, 0.15) is 12.4 Å². The van der Waals surface area contributed by atoms with E-state index in [2.05, 4.69) is 10.6 Å². The second-order valence-corrected chi connectivity index (χ2v) is 7.83. The highest BCUT2D eigenvalue weighted by Gasteiger charge is 2.34. The maximum Gasteiger partial charge on any atom is 0.338 e. The number of nitrogens with one attached hydrogen (secondary N) is 2. The van der Waals surface area contributed by atoms with Crippen molar-refractivity contribution in [2.45, 2.75) is 19.6 Å². The Kier molecular flexibility index (Phi) is 6.95. The number of hydrogen-bond donors (Lipinski definition) is 2. The van der Waals surface area contributed by atoms with E-state index in [4.69, 9.17) is 21.1 Å². The van der Waals surface area contributed by atoms with Crippen LogP contribution in [0.5, 0.6) is 5.75 Å². The monoisotopic (exact) mass is 462 g/mol. The molecule has 1 unspecified atom stereocenters. The Balaban J connectivity index is 1.68. The van der Waals surface area contributed by atoms with Gasteiger partial charge >= 0.3 is 12.0 Å². The number of hydrogen-bond acceptors (Lipinski definition) is 4. The number of halogens is 1. The number of ether oxygens (including phenoxy) is 2. The fourth-order valence-corrected chi connectivity index (χ4v) is 3.73. The van der Waals surface area contributed by atoms with E-state index in [1.807, 2.05) is 78.9 Å². The summed E-state index contributed by atoms with van der Waals surface area (Å²) in [6.45, 7) is 2.32. The Morgan fingerprint density at radius 1 is 1.00 bits per heavy atom. The number of rotatable bonds is 7. The van der Waals surface area contributed by atoms with Crippen molar-refractivity contribution >= 4 is 29.3 Å². The largest absolute Gasteiger partial charge is 0.489 e. The van der Waals surface area contributed by atoms with E-state index in [-0.39, 0.29) is 6.61 Å². The molecule has 0 aromatic heterocycles. The van der Waals surface area contributed by atoms with Crippen molar-refractivity contribution < 1.29 is 19.1 Å². The lowest BCUT2D eigenvalue weighted by molar-refractivity contribution is -0.138. The van der Waals surface area contributed by atoms with Gasteiger partial charge in [0.05, 0.1) is 23.9 Å². The molecule has 1 heterocycles. The molecule has 0 bridgehead atoms. The van der Waals surface area contributed by atoms with E-state index < -0.39 is 18.0 Å². The van der Waals surface area contributed by atoms with Gasteiger partial charge < -0.3 is 20.1 Å². The van der Waals surface area contributed by atoms with Crippen LogP contribution in [0.1, 0.15) is 29.7 Å². The van der Waals surface area contributed by atoms with E-state index in [0.29, 0.717) is 34.2 Å². The summed E-state index contributed by atoms with van der Waals surface area (Å²) in [4.78, 5) is 25.5. The van der Waals surface area contributed by atoms with Crippen molar-refractivity contribution in [3.05, 3.63) is 106 Å². The van der Waals surface area contributed by atoms with E-state index in [9.17, 15) is 9.59 Å². The third kappa shape index (κ3) is 5.35. The summed E-state index contributed by atoms with van der Waals surface area (Å²) in [5.41, 5.74) is 3.15. The zero-order valence-electron chi connectivity index (χ0n) is 18.0. The van der Waals surface area contributed by atoms with Crippen LogP contribution < -0.4 is 15.4 Å². The minimum atomic E-state index is -0.702. The van der Waals surface area contributed by atoms with Crippen LogP contribution in [-0.2, 0) is 16.1 Å². The molecule has 7 heteroatoms. The maximum atomic E-state index is 13.0. The quantitative estimate of drug-likeness (QED) is 0.470. The molecule has 0 aliphatic carbocycles. The number of benzene rings is 3. The Bertz CT molecular complexity index is 1180. The van der Waals surface area contributed by atoms with Crippen LogP contribution in [0.4, 0.5) is 4.79 Å². The second kappa shape index (κ2) is 10.2. The van der Waals surface area contributed by atoms with Crippen LogP contribution >= 0.6 is 11.6 Å². The molecule has 0 radical (unpaired) electrons. The summed E-state index contributed by atoms with van der Waals surface area (Å²) in [6, 6.07) is 22.8. The Morgan fingerprint density at radius 2 is 1.76 bits per heavy atom. The lowest BCUT2D eigenvalue weighted by Crippen LogP contribution is -2.45. The molecular weight excluding hydrogens is 440 g/mol. The molecule has 1 aliphatic rings. The molecule has 2 N–H and O–H groups in total. The van der Waals surface area contributed by atoms with Crippen LogP contribution in [0.25, 0.3) is 5.70 Å². The van der Waals surface area contributed by atoms with Crippen LogP contribution in [0.15, 0.2) is 84.4 Å². The number of amides is 2. The molecule has 0 saturated carbocycles. The molecule has 0 fully saturated rings. The standard InChI is InChI=1S/C26H23ClN2O4/c1-2-32-25(30)22-23(18-7-4-3-5-8-18)28-26(31)29-24(22)19-9-6-10-21(15-19)33-16-17-11-13-20(27)14-12-17/h3-15,24H,2,16H2,1H3,(H2,28,29,31). The topological polar surface area (TPSA) is 76.7 Å². The van der Waals surface area contributed by atoms with Gasteiger partial charge in [-0.1, -0.05) is 66.2 Å². The SMILES string of the molecule is CCOC(=O)C1=C(c2ccccc2)NC(=O)NC1c1cccc(OCc2ccc(Cl)cc2)c1. The third-order valence-electron chi connectivity index (χ3n) is 5.14. The first-order valence-electron chi connectivity index (χ1n) is 10.6.